The zero-order chi connectivity index (χ0) is 12.7. The van der Waals surface area contributed by atoms with E-state index in [0.717, 1.165) is 17.7 Å². The topological polar surface area (TPSA) is 35.2 Å². The maximum atomic E-state index is 6.18. The number of unbranched alkanes of at least 4 members (excludes halogenated alkanes) is 3. The van der Waals surface area contributed by atoms with Gasteiger partial charge in [0.2, 0.25) is 0 Å². The van der Waals surface area contributed by atoms with Gasteiger partial charge in [-0.2, -0.15) is 0 Å². The lowest BCUT2D eigenvalue weighted by Gasteiger charge is -2.15. The second-order valence-corrected chi connectivity index (χ2v) is 4.78. The van der Waals surface area contributed by atoms with Gasteiger partial charge >= 0.3 is 0 Å². The number of ether oxygens (including phenoxy) is 1. The van der Waals surface area contributed by atoms with Gasteiger partial charge in [-0.25, -0.2) is 0 Å². The van der Waals surface area contributed by atoms with Gasteiger partial charge in [0.1, 0.15) is 5.75 Å². The van der Waals surface area contributed by atoms with E-state index in [0.29, 0.717) is 5.02 Å². The van der Waals surface area contributed by atoms with Gasteiger partial charge in [-0.3, -0.25) is 0 Å². The van der Waals surface area contributed by atoms with Crippen LogP contribution in [0.4, 0.5) is 0 Å². The third-order valence-corrected chi connectivity index (χ3v) is 3.20. The first-order valence-corrected chi connectivity index (χ1v) is 6.65. The summed E-state index contributed by atoms with van der Waals surface area (Å²) in [6.45, 7) is 2.21. The van der Waals surface area contributed by atoms with Gasteiger partial charge in [0.15, 0.2) is 0 Å². The SMILES string of the molecule is CCCCCCC(N)c1ccc(Cl)cc1OC. The normalized spacial score (nSPS) is 12.5. The van der Waals surface area contributed by atoms with E-state index in [2.05, 4.69) is 6.92 Å². The predicted octanol–water partition coefficient (Wildman–Crippen LogP) is 4.32. The average Bonchev–Trinajstić information content (AvgIpc) is 2.34. The molecule has 0 aliphatic heterocycles. The zero-order valence-corrected chi connectivity index (χ0v) is 11.5. The highest BCUT2D eigenvalue weighted by atomic mass is 35.5. The van der Waals surface area contributed by atoms with Crippen molar-refractivity contribution in [2.45, 2.75) is 45.1 Å². The maximum absolute atomic E-state index is 6.18. The van der Waals surface area contributed by atoms with Crippen LogP contribution in [0.3, 0.4) is 0 Å². The summed E-state index contributed by atoms with van der Waals surface area (Å²) in [5.74, 6) is 0.792. The Morgan fingerprint density at radius 1 is 1.29 bits per heavy atom. The van der Waals surface area contributed by atoms with Gasteiger partial charge in [0.05, 0.1) is 7.11 Å². The minimum Gasteiger partial charge on any atom is -0.496 e. The van der Waals surface area contributed by atoms with Crippen molar-refractivity contribution < 1.29 is 4.74 Å². The van der Waals surface area contributed by atoms with E-state index < -0.39 is 0 Å². The molecule has 96 valence electrons. The molecule has 1 aromatic carbocycles. The fraction of sp³-hybridized carbons (Fsp3) is 0.571. The van der Waals surface area contributed by atoms with E-state index in [9.17, 15) is 0 Å². The molecule has 2 nitrogen and oxygen atoms in total. The van der Waals surface area contributed by atoms with Gasteiger partial charge in [0, 0.05) is 16.6 Å². The summed E-state index contributed by atoms with van der Waals surface area (Å²) in [4.78, 5) is 0. The van der Waals surface area contributed by atoms with Gasteiger partial charge in [-0.05, 0) is 18.6 Å². The van der Waals surface area contributed by atoms with Crippen LogP contribution in [0, 0.1) is 0 Å². The highest BCUT2D eigenvalue weighted by Gasteiger charge is 2.11. The second kappa shape index (κ2) is 7.57. The van der Waals surface area contributed by atoms with Gasteiger partial charge in [0.25, 0.3) is 0 Å². The Hall–Kier alpha value is -0.730. The van der Waals surface area contributed by atoms with E-state index >= 15 is 0 Å². The van der Waals surface area contributed by atoms with Crippen LogP contribution < -0.4 is 10.5 Å². The summed E-state index contributed by atoms with van der Waals surface area (Å²) in [7, 11) is 1.65. The first-order valence-electron chi connectivity index (χ1n) is 6.28. The van der Waals surface area contributed by atoms with Crippen molar-refractivity contribution in [2.24, 2.45) is 5.73 Å². The van der Waals surface area contributed by atoms with E-state index in [-0.39, 0.29) is 6.04 Å². The van der Waals surface area contributed by atoms with Gasteiger partial charge in [-0.1, -0.05) is 50.3 Å². The molecule has 1 unspecified atom stereocenters. The monoisotopic (exact) mass is 255 g/mol. The van der Waals surface area contributed by atoms with Crippen molar-refractivity contribution in [3.63, 3.8) is 0 Å². The second-order valence-electron chi connectivity index (χ2n) is 4.34. The van der Waals surface area contributed by atoms with Crippen molar-refractivity contribution in [2.75, 3.05) is 7.11 Å². The van der Waals surface area contributed by atoms with Crippen LogP contribution in [0.15, 0.2) is 18.2 Å². The molecule has 1 rings (SSSR count). The van der Waals surface area contributed by atoms with Gasteiger partial charge < -0.3 is 10.5 Å². The first kappa shape index (κ1) is 14.3. The lowest BCUT2D eigenvalue weighted by molar-refractivity contribution is 0.403. The van der Waals surface area contributed by atoms with Crippen LogP contribution in [0.1, 0.15) is 50.6 Å². The zero-order valence-electron chi connectivity index (χ0n) is 10.7. The molecule has 0 fully saturated rings. The smallest absolute Gasteiger partial charge is 0.125 e. The maximum Gasteiger partial charge on any atom is 0.125 e. The third kappa shape index (κ3) is 4.57. The van der Waals surface area contributed by atoms with E-state index in [1.54, 1.807) is 7.11 Å². The Bertz CT molecular complexity index is 341. The number of halogens is 1. The Morgan fingerprint density at radius 3 is 2.71 bits per heavy atom. The molecule has 2 N–H and O–H groups in total. The van der Waals surface area contributed by atoms with Gasteiger partial charge in [-0.15, -0.1) is 0 Å². The van der Waals surface area contributed by atoms with E-state index in [1.165, 1.54) is 25.7 Å². The lowest BCUT2D eigenvalue weighted by Crippen LogP contribution is -2.11. The Morgan fingerprint density at radius 2 is 2.06 bits per heavy atom. The third-order valence-electron chi connectivity index (χ3n) is 2.96. The predicted molar refractivity (Wildman–Crippen MR) is 73.7 cm³/mol. The van der Waals surface area contributed by atoms with Crippen molar-refractivity contribution >= 4 is 11.6 Å². The molecule has 0 heterocycles. The van der Waals surface area contributed by atoms with Crippen molar-refractivity contribution in [3.8, 4) is 5.75 Å². The van der Waals surface area contributed by atoms with Crippen LogP contribution in [-0.4, -0.2) is 7.11 Å². The van der Waals surface area contributed by atoms with Crippen LogP contribution in [0.5, 0.6) is 5.75 Å². The number of hydrogen-bond donors (Lipinski definition) is 1. The summed E-state index contributed by atoms with van der Waals surface area (Å²) >= 11 is 5.93. The summed E-state index contributed by atoms with van der Waals surface area (Å²) in [5, 5.41) is 0.684. The summed E-state index contributed by atoms with van der Waals surface area (Å²) in [6.07, 6.45) is 5.95. The standard InChI is InChI=1S/C14H22ClNO/c1-3-4-5-6-7-13(16)12-9-8-11(15)10-14(12)17-2/h8-10,13H,3-7,16H2,1-2H3. The Balaban J connectivity index is 2.58. The molecule has 0 amide bonds. The molecule has 0 saturated carbocycles. The molecule has 0 saturated heterocycles. The summed E-state index contributed by atoms with van der Waals surface area (Å²) < 4.78 is 5.31. The molecule has 0 radical (unpaired) electrons. The number of hydrogen-bond acceptors (Lipinski definition) is 2. The Labute approximate surface area is 109 Å². The van der Waals surface area contributed by atoms with E-state index in [1.807, 2.05) is 18.2 Å². The number of methoxy groups -OCH3 is 1. The van der Waals surface area contributed by atoms with Crippen LogP contribution >= 0.6 is 11.6 Å². The molecular weight excluding hydrogens is 234 g/mol. The fourth-order valence-electron chi connectivity index (χ4n) is 1.94. The lowest BCUT2D eigenvalue weighted by atomic mass is 10.00. The summed E-state index contributed by atoms with van der Waals surface area (Å²) in [6, 6.07) is 5.69. The molecule has 0 aliphatic carbocycles. The first-order chi connectivity index (χ1) is 8.19. The molecule has 0 spiro atoms. The van der Waals surface area contributed by atoms with Crippen LogP contribution in [-0.2, 0) is 0 Å². The minimum absolute atomic E-state index is 0.0408. The average molecular weight is 256 g/mol. The highest BCUT2D eigenvalue weighted by molar-refractivity contribution is 6.30. The molecule has 0 aliphatic rings. The van der Waals surface area contributed by atoms with Crippen molar-refractivity contribution in [1.82, 2.24) is 0 Å². The molecule has 0 aromatic heterocycles. The number of benzene rings is 1. The quantitative estimate of drug-likeness (QED) is 0.737. The molecule has 17 heavy (non-hydrogen) atoms. The number of rotatable bonds is 7. The number of nitrogens with two attached hydrogens (primary N) is 1. The molecule has 1 atom stereocenters. The molecule has 0 bridgehead atoms. The van der Waals surface area contributed by atoms with Crippen molar-refractivity contribution in [1.29, 1.82) is 0 Å². The molecular formula is C14H22ClNO. The Kier molecular flexibility index (Phi) is 6.38. The molecule has 1 aromatic rings. The largest absolute Gasteiger partial charge is 0.496 e. The summed E-state index contributed by atoms with van der Waals surface area (Å²) in [5.41, 5.74) is 7.23. The van der Waals surface area contributed by atoms with Crippen LogP contribution in [0.2, 0.25) is 5.02 Å². The van der Waals surface area contributed by atoms with Crippen molar-refractivity contribution in [3.05, 3.63) is 28.8 Å². The van der Waals surface area contributed by atoms with Crippen LogP contribution in [0.25, 0.3) is 0 Å². The minimum atomic E-state index is 0.0408. The molecule has 3 heteroatoms. The highest BCUT2D eigenvalue weighted by Crippen LogP contribution is 2.29. The van der Waals surface area contributed by atoms with E-state index in [4.69, 9.17) is 22.1 Å². The fourth-order valence-corrected chi connectivity index (χ4v) is 2.10.